The van der Waals surface area contributed by atoms with Crippen LogP contribution in [0.4, 0.5) is 0 Å². The molecule has 2 aliphatic rings. The molecule has 1 aliphatic heterocycles. The van der Waals surface area contributed by atoms with Crippen molar-refractivity contribution in [2.45, 2.75) is 38.4 Å². The minimum Gasteiger partial charge on any atom is -0.497 e. The lowest BCUT2D eigenvalue weighted by atomic mass is 9.83. The summed E-state index contributed by atoms with van der Waals surface area (Å²) in [6.45, 7) is 8.75. The predicted molar refractivity (Wildman–Crippen MR) is 122 cm³/mol. The minimum atomic E-state index is -0.169. The molecule has 0 N–H and O–H groups in total. The molecule has 3 nitrogen and oxygen atoms in total. The Morgan fingerprint density at radius 2 is 1.43 bits per heavy atom. The van der Waals surface area contributed by atoms with Crippen molar-refractivity contribution in [1.82, 2.24) is 4.90 Å². The van der Waals surface area contributed by atoms with Crippen molar-refractivity contribution in [1.29, 1.82) is 0 Å². The molecule has 0 atom stereocenters. The summed E-state index contributed by atoms with van der Waals surface area (Å²) in [5, 5.41) is 0. The standard InChI is InChI=1S/C27H29N2O/c1-26(2,3)29-19-28(17-20-13-15-21(30-4)16-14-20)18-27(29)24-11-7-5-9-22(24)23-10-6-8-12-25(23)27/h5-16,19H,17-18H2,1-4H3/q+1. The van der Waals surface area contributed by atoms with Gasteiger partial charge in [-0.15, -0.1) is 0 Å². The van der Waals surface area contributed by atoms with E-state index in [9.17, 15) is 0 Å². The maximum atomic E-state index is 5.33. The number of fused-ring (bicyclic) bond motifs is 5. The lowest BCUT2D eigenvalue weighted by Gasteiger charge is -2.38. The van der Waals surface area contributed by atoms with E-state index in [1.807, 2.05) is 12.1 Å². The van der Waals surface area contributed by atoms with Gasteiger partial charge in [0.15, 0.2) is 5.54 Å². The highest BCUT2D eigenvalue weighted by atomic mass is 16.5. The summed E-state index contributed by atoms with van der Waals surface area (Å²) in [7, 11) is 1.71. The Labute approximate surface area is 179 Å². The Hall–Kier alpha value is -3.07. The fraction of sp³-hybridized carbons (Fsp3) is 0.296. The topological polar surface area (TPSA) is 15.5 Å². The maximum Gasteiger partial charge on any atom is 0.236 e. The highest BCUT2D eigenvalue weighted by Crippen LogP contribution is 2.53. The van der Waals surface area contributed by atoms with Crippen LogP contribution in [0.5, 0.6) is 5.75 Å². The van der Waals surface area contributed by atoms with Crippen LogP contribution in [0.2, 0.25) is 0 Å². The fourth-order valence-electron chi connectivity index (χ4n) is 5.21. The van der Waals surface area contributed by atoms with Gasteiger partial charge in [0.05, 0.1) is 12.6 Å². The van der Waals surface area contributed by atoms with Gasteiger partial charge >= 0.3 is 0 Å². The molecule has 0 fully saturated rings. The van der Waals surface area contributed by atoms with Crippen LogP contribution in [0.1, 0.15) is 37.5 Å². The molecule has 0 saturated heterocycles. The summed E-state index contributed by atoms with van der Waals surface area (Å²) < 4.78 is 7.79. The first-order valence-corrected chi connectivity index (χ1v) is 10.6. The number of ether oxygens (including phenoxy) is 1. The molecule has 5 rings (SSSR count). The second-order valence-corrected chi connectivity index (χ2v) is 9.36. The smallest absolute Gasteiger partial charge is 0.236 e. The average Bonchev–Trinajstić information content (AvgIpc) is 3.27. The molecule has 0 unspecified atom stereocenters. The van der Waals surface area contributed by atoms with Crippen molar-refractivity contribution < 1.29 is 9.31 Å². The second-order valence-electron chi connectivity index (χ2n) is 9.36. The Balaban J connectivity index is 1.62. The van der Waals surface area contributed by atoms with Gasteiger partial charge in [-0.2, -0.15) is 0 Å². The molecule has 3 aromatic carbocycles. The predicted octanol–water partition coefficient (Wildman–Crippen LogP) is 5.27. The van der Waals surface area contributed by atoms with Crippen molar-refractivity contribution >= 4 is 6.34 Å². The van der Waals surface area contributed by atoms with Crippen molar-refractivity contribution in [2.75, 3.05) is 13.7 Å². The second kappa shape index (κ2) is 6.73. The minimum absolute atomic E-state index is 0.0147. The number of benzene rings is 3. The third-order valence-corrected chi connectivity index (χ3v) is 6.42. The molecule has 0 bridgehead atoms. The van der Waals surface area contributed by atoms with E-state index in [-0.39, 0.29) is 11.1 Å². The van der Waals surface area contributed by atoms with Gasteiger partial charge < -0.3 is 4.74 Å². The molecule has 3 heteroatoms. The van der Waals surface area contributed by atoms with Crippen LogP contribution in [0.25, 0.3) is 11.1 Å². The molecule has 3 aromatic rings. The van der Waals surface area contributed by atoms with E-state index in [4.69, 9.17) is 4.74 Å². The zero-order chi connectivity index (χ0) is 20.9. The first kappa shape index (κ1) is 18.9. The number of nitrogens with zero attached hydrogens (tertiary/aromatic N) is 2. The molecule has 1 heterocycles. The lowest BCUT2D eigenvalue weighted by Crippen LogP contribution is -2.52. The van der Waals surface area contributed by atoms with E-state index < -0.39 is 0 Å². The largest absolute Gasteiger partial charge is 0.497 e. The van der Waals surface area contributed by atoms with Crippen LogP contribution >= 0.6 is 0 Å². The third kappa shape index (κ3) is 2.76. The summed E-state index contributed by atoms with van der Waals surface area (Å²) in [6.07, 6.45) is 2.35. The Morgan fingerprint density at radius 1 is 0.867 bits per heavy atom. The zero-order valence-corrected chi connectivity index (χ0v) is 18.2. The Kier molecular flexibility index (Phi) is 4.25. The summed E-state index contributed by atoms with van der Waals surface area (Å²) in [4.78, 5) is 2.58. The van der Waals surface area contributed by atoms with Gasteiger partial charge in [-0.3, -0.25) is 4.58 Å². The zero-order valence-electron chi connectivity index (χ0n) is 18.2. The highest BCUT2D eigenvalue weighted by Gasteiger charge is 2.59. The summed E-state index contributed by atoms with van der Waals surface area (Å²) in [5.41, 5.74) is 6.66. The van der Waals surface area contributed by atoms with Gasteiger partial charge in [0.2, 0.25) is 6.34 Å². The molecule has 0 amide bonds. The molecule has 0 aromatic heterocycles. The number of methoxy groups -OCH3 is 1. The quantitative estimate of drug-likeness (QED) is 0.559. The van der Waals surface area contributed by atoms with Gasteiger partial charge in [-0.05, 0) is 49.6 Å². The van der Waals surface area contributed by atoms with Gasteiger partial charge in [-0.25, -0.2) is 4.90 Å². The number of rotatable bonds is 3. The van der Waals surface area contributed by atoms with E-state index >= 15 is 0 Å². The Bertz CT molecular complexity index is 1080. The molecule has 1 aliphatic carbocycles. The summed E-state index contributed by atoms with van der Waals surface area (Å²) in [5.74, 6) is 0.899. The van der Waals surface area contributed by atoms with Crippen molar-refractivity contribution in [3.05, 3.63) is 89.5 Å². The van der Waals surface area contributed by atoms with Crippen molar-refractivity contribution in [3.8, 4) is 16.9 Å². The fourth-order valence-corrected chi connectivity index (χ4v) is 5.21. The van der Waals surface area contributed by atoms with E-state index in [0.717, 1.165) is 18.8 Å². The number of hydrogen-bond acceptors (Lipinski definition) is 2. The first-order valence-electron chi connectivity index (χ1n) is 10.6. The van der Waals surface area contributed by atoms with Gasteiger partial charge in [0, 0.05) is 11.1 Å². The van der Waals surface area contributed by atoms with Gasteiger partial charge in [-0.1, -0.05) is 60.7 Å². The van der Waals surface area contributed by atoms with E-state index in [1.165, 1.54) is 27.8 Å². The van der Waals surface area contributed by atoms with Crippen LogP contribution in [0, 0.1) is 0 Å². The van der Waals surface area contributed by atoms with E-state index in [0.29, 0.717) is 0 Å². The van der Waals surface area contributed by atoms with Crippen molar-refractivity contribution in [2.24, 2.45) is 0 Å². The average molecular weight is 398 g/mol. The van der Waals surface area contributed by atoms with Crippen LogP contribution in [0.15, 0.2) is 72.8 Å². The maximum absolute atomic E-state index is 5.33. The third-order valence-electron chi connectivity index (χ3n) is 6.42. The van der Waals surface area contributed by atoms with E-state index in [2.05, 4.69) is 97.2 Å². The van der Waals surface area contributed by atoms with Gasteiger partial charge in [0.25, 0.3) is 0 Å². The molecule has 30 heavy (non-hydrogen) atoms. The monoisotopic (exact) mass is 397 g/mol. The normalized spacial score (nSPS) is 16.4. The first-order chi connectivity index (χ1) is 14.4. The molecule has 0 radical (unpaired) electrons. The summed E-state index contributed by atoms with van der Waals surface area (Å²) in [6, 6.07) is 26.3. The molecule has 152 valence electrons. The molecule has 0 saturated carbocycles. The van der Waals surface area contributed by atoms with Crippen molar-refractivity contribution in [3.63, 3.8) is 0 Å². The lowest BCUT2D eigenvalue weighted by molar-refractivity contribution is -0.537. The van der Waals surface area contributed by atoms with Crippen LogP contribution in [-0.2, 0) is 12.1 Å². The molecular weight excluding hydrogens is 368 g/mol. The SMILES string of the molecule is COc1ccc(C[N+]2=CN(C(C)(C)C)C3(C2)c2ccccc2-c2ccccc23)cc1. The van der Waals surface area contributed by atoms with Crippen LogP contribution in [0.3, 0.4) is 0 Å². The molecule has 1 spiro atoms. The number of hydrogen-bond donors (Lipinski definition) is 0. The summed E-state index contributed by atoms with van der Waals surface area (Å²) >= 11 is 0. The Morgan fingerprint density at radius 3 is 1.97 bits per heavy atom. The molecular formula is C27H29N2O+. The van der Waals surface area contributed by atoms with Crippen LogP contribution in [-0.4, -0.2) is 35.0 Å². The van der Waals surface area contributed by atoms with Gasteiger partial charge in [0.1, 0.15) is 18.8 Å². The van der Waals surface area contributed by atoms with Crippen LogP contribution < -0.4 is 4.74 Å². The highest BCUT2D eigenvalue weighted by molar-refractivity contribution is 5.83. The van der Waals surface area contributed by atoms with E-state index in [1.54, 1.807) is 7.11 Å².